The highest BCUT2D eigenvalue weighted by Crippen LogP contribution is 2.70. The third-order valence-electron chi connectivity index (χ3n) is 15.0. The molecule has 2 heterocycles. The zero-order valence-corrected chi connectivity index (χ0v) is 31.7. The fourth-order valence-corrected chi connectivity index (χ4v) is 12.1. The largest absolute Gasteiger partial charge is 0.394 e. The van der Waals surface area contributed by atoms with Crippen LogP contribution in [0.2, 0.25) is 0 Å². The van der Waals surface area contributed by atoms with Gasteiger partial charge < -0.3 is 69.6 Å². The molecule has 0 aromatic rings. The van der Waals surface area contributed by atoms with E-state index in [1.165, 1.54) is 7.11 Å². The van der Waals surface area contributed by atoms with Crippen molar-refractivity contribution in [2.24, 2.45) is 40.4 Å². The van der Waals surface area contributed by atoms with Crippen molar-refractivity contribution in [3.8, 4) is 0 Å². The lowest BCUT2D eigenvalue weighted by molar-refractivity contribution is -0.315. The van der Waals surface area contributed by atoms with E-state index in [0.717, 1.165) is 12.8 Å². The lowest BCUT2D eigenvalue weighted by Crippen LogP contribution is -2.75. The van der Waals surface area contributed by atoms with Crippen molar-refractivity contribution >= 4 is 0 Å². The van der Waals surface area contributed by atoms with Crippen molar-refractivity contribution in [1.29, 1.82) is 0 Å². The normalized spacial score (nSPS) is 53.3. The molecule has 302 valence electrons. The van der Waals surface area contributed by atoms with Crippen LogP contribution in [0.4, 0.5) is 0 Å². The molecule has 6 fully saturated rings. The molecule has 52 heavy (non-hydrogen) atoms. The second kappa shape index (κ2) is 15.1. The Morgan fingerprint density at radius 1 is 0.846 bits per heavy atom. The van der Waals surface area contributed by atoms with E-state index in [1.807, 2.05) is 20.8 Å². The molecule has 0 bridgehead atoms. The second-order valence-corrected chi connectivity index (χ2v) is 18.2. The van der Waals surface area contributed by atoms with E-state index in [0.29, 0.717) is 32.1 Å². The van der Waals surface area contributed by atoms with Gasteiger partial charge in [0, 0.05) is 31.3 Å². The number of fused-ring (bicyclic) bond motifs is 5. The molecule has 6 aliphatic rings. The first-order chi connectivity index (χ1) is 24.4. The van der Waals surface area contributed by atoms with Crippen LogP contribution in [0, 0.1) is 40.4 Å². The summed E-state index contributed by atoms with van der Waals surface area (Å²) in [5, 5.41) is 99.6. The molecule has 2 unspecified atom stereocenters. The lowest BCUT2D eigenvalue weighted by Gasteiger charge is -2.68. The van der Waals surface area contributed by atoms with E-state index in [9.17, 15) is 46.0 Å². The fraction of sp³-hybridized carbons (Fsp3) is 1.00. The van der Waals surface area contributed by atoms with Crippen LogP contribution < -0.4 is 0 Å². The molecule has 0 spiro atoms. The summed E-state index contributed by atoms with van der Waals surface area (Å²) in [6.07, 6.45) is -7.77. The van der Waals surface area contributed by atoms with Gasteiger partial charge in [-0.1, -0.05) is 34.6 Å². The first-order valence-electron chi connectivity index (χ1n) is 19.6. The van der Waals surface area contributed by atoms with Crippen LogP contribution in [0.25, 0.3) is 0 Å². The minimum atomic E-state index is -1.50. The maximum Gasteiger partial charge on any atom is 0.187 e. The summed E-state index contributed by atoms with van der Waals surface area (Å²) in [5.74, 6) is -0.584. The van der Waals surface area contributed by atoms with Gasteiger partial charge in [0.1, 0.15) is 36.6 Å². The number of aliphatic hydroxyl groups is 9. The predicted molar refractivity (Wildman–Crippen MR) is 184 cm³/mol. The summed E-state index contributed by atoms with van der Waals surface area (Å²) >= 11 is 0. The molecule has 2 saturated heterocycles. The molecule has 0 aromatic carbocycles. The third kappa shape index (κ3) is 6.61. The van der Waals surface area contributed by atoms with Crippen LogP contribution in [0.15, 0.2) is 0 Å². The van der Waals surface area contributed by atoms with Crippen LogP contribution in [-0.2, 0) is 23.7 Å². The van der Waals surface area contributed by atoms with Gasteiger partial charge in [0.15, 0.2) is 12.6 Å². The molecule has 9 N–H and O–H groups in total. The molecule has 4 aliphatic carbocycles. The number of hydrogen-bond acceptors (Lipinski definition) is 14. The summed E-state index contributed by atoms with van der Waals surface area (Å²) in [6, 6.07) is 0. The van der Waals surface area contributed by atoms with Gasteiger partial charge >= 0.3 is 0 Å². The number of aliphatic hydroxyl groups excluding tert-OH is 7. The average molecular weight is 747 g/mol. The van der Waals surface area contributed by atoms with Gasteiger partial charge in [-0.05, 0) is 74.0 Å². The van der Waals surface area contributed by atoms with E-state index < -0.39 is 102 Å². The molecule has 0 radical (unpaired) electrons. The summed E-state index contributed by atoms with van der Waals surface area (Å²) in [6.45, 7) is 9.67. The predicted octanol–water partition coefficient (Wildman–Crippen LogP) is 0.192. The Kier molecular flexibility index (Phi) is 11.9. The minimum absolute atomic E-state index is 0.0299. The third-order valence-corrected chi connectivity index (χ3v) is 15.0. The lowest BCUT2D eigenvalue weighted by atomic mass is 9.40. The van der Waals surface area contributed by atoms with Crippen molar-refractivity contribution in [2.45, 2.75) is 177 Å². The van der Waals surface area contributed by atoms with Gasteiger partial charge in [0.2, 0.25) is 0 Å². The summed E-state index contributed by atoms with van der Waals surface area (Å²) in [5.41, 5.74) is -4.09. The van der Waals surface area contributed by atoms with Gasteiger partial charge in [0.05, 0.1) is 48.8 Å². The van der Waals surface area contributed by atoms with E-state index in [-0.39, 0.29) is 49.2 Å². The standard InChI is InChI=1S/C38H66O14/c1-18(2)24(50-34-31(29(45)25(16-39)51-34)52-33-30(48-6)28(44)23(42)17-49-33)8-7-19(3)21-13-22(41)32-35(21,4)11-10-26-36(5)12-9-20(40)14-38(36,47)27(43)15-37(26,32)46/h18-34,39-47H,7-17H2,1-6H3/t19-,20+,21-,22+,23-,24+,25+,26?,27-,28+,29+,30-,31-,32?,33+,34-,35-,36-,37+,38+/m1/s1. The molecule has 4 saturated carbocycles. The SMILES string of the molecule is CO[C@H]1[C@H](O[C@H]2[C@H](O[C@@H](CC[C@@H](C)[C@H]3C[C@H](O)C4[C@]5(O)C[C@@H](O)[C@@]6(O)C[C@@H](O)CC[C@]6(C)C5CC[C@@]43C)C(C)C)O[C@@H](CO)[C@@H]2O)OC[C@@H](O)[C@@H]1O. The van der Waals surface area contributed by atoms with Crippen molar-refractivity contribution in [1.82, 2.24) is 0 Å². The molecule has 6 rings (SSSR count). The summed E-state index contributed by atoms with van der Waals surface area (Å²) in [4.78, 5) is 0. The van der Waals surface area contributed by atoms with Crippen molar-refractivity contribution < 1.29 is 69.6 Å². The van der Waals surface area contributed by atoms with Crippen LogP contribution in [-0.4, -0.2) is 151 Å². The van der Waals surface area contributed by atoms with Gasteiger partial charge in [-0.3, -0.25) is 0 Å². The Hall–Kier alpha value is -0.560. The van der Waals surface area contributed by atoms with Gasteiger partial charge in [-0.2, -0.15) is 0 Å². The Bertz CT molecular complexity index is 1230. The maximum absolute atomic E-state index is 12.6. The van der Waals surface area contributed by atoms with Gasteiger partial charge in [-0.25, -0.2) is 0 Å². The maximum atomic E-state index is 12.6. The highest BCUT2D eigenvalue weighted by atomic mass is 16.8. The molecule has 0 aromatic heterocycles. The fourth-order valence-electron chi connectivity index (χ4n) is 12.1. The Morgan fingerprint density at radius 3 is 2.21 bits per heavy atom. The van der Waals surface area contributed by atoms with Gasteiger partial charge in [-0.15, -0.1) is 0 Å². The topological polar surface area (TPSA) is 228 Å². The molecule has 0 amide bonds. The molecule has 14 heteroatoms. The van der Waals surface area contributed by atoms with Crippen LogP contribution in [0.5, 0.6) is 0 Å². The van der Waals surface area contributed by atoms with Crippen LogP contribution in [0.3, 0.4) is 0 Å². The molecule has 14 nitrogen and oxygen atoms in total. The Morgan fingerprint density at radius 2 is 1.56 bits per heavy atom. The molecule has 20 atom stereocenters. The Balaban J connectivity index is 1.14. The van der Waals surface area contributed by atoms with E-state index >= 15 is 0 Å². The number of ether oxygens (including phenoxy) is 5. The molecular formula is C38H66O14. The zero-order valence-electron chi connectivity index (χ0n) is 31.7. The monoisotopic (exact) mass is 746 g/mol. The van der Waals surface area contributed by atoms with E-state index in [4.69, 9.17) is 23.7 Å². The first-order valence-corrected chi connectivity index (χ1v) is 19.6. The minimum Gasteiger partial charge on any atom is -0.394 e. The van der Waals surface area contributed by atoms with E-state index in [1.54, 1.807) is 0 Å². The van der Waals surface area contributed by atoms with Crippen LogP contribution >= 0.6 is 0 Å². The highest BCUT2D eigenvalue weighted by Gasteiger charge is 2.74. The van der Waals surface area contributed by atoms with E-state index in [2.05, 4.69) is 13.8 Å². The number of rotatable bonds is 11. The number of methoxy groups -OCH3 is 1. The zero-order chi connectivity index (χ0) is 38.1. The van der Waals surface area contributed by atoms with Crippen molar-refractivity contribution in [2.75, 3.05) is 20.3 Å². The first kappa shape index (κ1) is 41.1. The van der Waals surface area contributed by atoms with Gasteiger partial charge in [0.25, 0.3) is 0 Å². The molecule has 2 aliphatic heterocycles. The smallest absolute Gasteiger partial charge is 0.187 e. The summed E-state index contributed by atoms with van der Waals surface area (Å²) in [7, 11) is 1.35. The molecular weight excluding hydrogens is 680 g/mol. The van der Waals surface area contributed by atoms with Crippen molar-refractivity contribution in [3.63, 3.8) is 0 Å². The number of hydrogen-bond donors (Lipinski definition) is 9. The second-order valence-electron chi connectivity index (χ2n) is 18.2. The highest BCUT2D eigenvalue weighted by molar-refractivity contribution is 5.24. The van der Waals surface area contributed by atoms with Crippen molar-refractivity contribution in [3.05, 3.63) is 0 Å². The summed E-state index contributed by atoms with van der Waals surface area (Å²) < 4.78 is 29.5. The Labute approximate surface area is 307 Å². The average Bonchev–Trinajstić information content (AvgIpc) is 3.53. The van der Waals surface area contributed by atoms with Crippen LogP contribution in [0.1, 0.15) is 92.4 Å². The quantitative estimate of drug-likeness (QED) is 0.138.